The first kappa shape index (κ1) is 22.9. The second kappa shape index (κ2) is 10.2. The third kappa shape index (κ3) is 4.84. The predicted octanol–water partition coefficient (Wildman–Crippen LogP) is 6.39. The van der Waals surface area contributed by atoms with Crippen LogP contribution in [0.1, 0.15) is 38.7 Å². The molecule has 174 valence electrons. The van der Waals surface area contributed by atoms with Gasteiger partial charge in [0, 0.05) is 39.7 Å². The lowest BCUT2D eigenvalue weighted by molar-refractivity contribution is 0.112. The van der Waals surface area contributed by atoms with E-state index in [2.05, 4.69) is 34.6 Å². The number of aldehydes is 1. The van der Waals surface area contributed by atoms with Gasteiger partial charge in [-0.2, -0.15) is 0 Å². The summed E-state index contributed by atoms with van der Waals surface area (Å²) in [6, 6.07) is 25.9. The van der Waals surface area contributed by atoms with E-state index in [1.165, 1.54) is 34.0 Å². The molecule has 0 atom stereocenters. The van der Waals surface area contributed by atoms with Crippen LogP contribution in [0.2, 0.25) is 0 Å². The summed E-state index contributed by atoms with van der Waals surface area (Å²) in [6.45, 7) is 2.47. The van der Waals surface area contributed by atoms with Crippen LogP contribution in [-0.2, 0) is 11.3 Å². The van der Waals surface area contributed by atoms with Gasteiger partial charge in [-0.25, -0.2) is 4.79 Å². The molecule has 0 radical (unpaired) electrons. The fourth-order valence-electron chi connectivity index (χ4n) is 4.44. The molecule has 1 aliphatic carbocycles. The Balaban J connectivity index is 1.26. The van der Waals surface area contributed by atoms with Crippen molar-refractivity contribution in [3.63, 3.8) is 0 Å². The van der Waals surface area contributed by atoms with E-state index in [1.807, 2.05) is 55.5 Å². The number of rotatable bonds is 7. The Hall–Kier alpha value is -3.90. The first-order valence-corrected chi connectivity index (χ1v) is 12.2. The zero-order valence-electron chi connectivity index (χ0n) is 19.2. The number of fused-ring (bicyclic) bond motifs is 3. The van der Waals surface area contributed by atoms with Crippen LogP contribution in [0.3, 0.4) is 0 Å². The number of nitrogens with one attached hydrogen (secondary N) is 1. The summed E-state index contributed by atoms with van der Waals surface area (Å²) < 4.78 is 5.67. The summed E-state index contributed by atoms with van der Waals surface area (Å²) in [4.78, 5) is 30.2. The molecule has 5 nitrogen and oxygen atoms in total. The number of alkyl carbamates (subject to hydrolysis) is 1. The van der Waals surface area contributed by atoms with E-state index in [0.717, 1.165) is 27.3 Å². The lowest BCUT2D eigenvalue weighted by atomic mass is 9.98. The van der Waals surface area contributed by atoms with E-state index in [0.29, 0.717) is 12.1 Å². The van der Waals surface area contributed by atoms with Crippen molar-refractivity contribution in [2.45, 2.75) is 29.2 Å². The molecule has 0 saturated carbocycles. The monoisotopic (exact) mass is 480 g/mol. The Morgan fingerprint density at radius 3 is 2.34 bits per heavy atom. The molecule has 3 aromatic carbocycles. The van der Waals surface area contributed by atoms with E-state index in [1.54, 1.807) is 12.3 Å². The van der Waals surface area contributed by atoms with Gasteiger partial charge in [0.15, 0.2) is 6.29 Å². The van der Waals surface area contributed by atoms with Gasteiger partial charge in [0.25, 0.3) is 0 Å². The minimum Gasteiger partial charge on any atom is -0.449 e. The molecule has 35 heavy (non-hydrogen) atoms. The number of hydrogen-bond donors (Lipinski definition) is 1. The third-order valence-corrected chi connectivity index (χ3v) is 7.30. The van der Waals surface area contributed by atoms with Gasteiger partial charge in [0.1, 0.15) is 6.61 Å². The van der Waals surface area contributed by atoms with Crippen LogP contribution in [0, 0.1) is 6.92 Å². The SMILES string of the molecule is Cc1cc(CNC(=O)OCC2c3ccccc3-c3ccccc32)c(Sc2ccccc2C=O)cn1. The lowest BCUT2D eigenvalue weighted by Crippen LogP contribution is -2.26. The Kier molecular flexibility index (Phi) is 6.64. The number of carbonyl (C=O) groups excluding carboxylic acids is 2. The molecule has 1 aromatic heterocycles. The molecule has 1 N–H and O–H groups in total. The molecule has 0 saturated heterocycles. The lowest BCUT2D eigenvalue weighted by Gasteiger charge is -2.15. The van der Waals surface area contributed by atoms with Crippen molar-refractivity contribution in [1.82, 2.24) is 10.3 Å². The highest BCUT2D eigenvalue weighted by molar-refractivity contribution is 7.99. The van der Waals surface area contributed by atoms with Crippen LogP contribution in [0.5, 0.6) is 0 Å². The number of aryl methyl sites for hydroxylation is 1. The summed E-state index contributed by atoms with van der Waals surface area (Å²) in [7, 11) is 0. The van der Waals surface area contributed by atoms with Gasteiger partial charge in [0.2, 0.25) is 0 Å². The molecular weight excluding hydrogens is 456 g/mol. The topological polar surface area (TPSA) is 68.3 Å². The molecule has 0 spiro atoms. The molecule has 1 amide bonds. The van der Waals surface area contributed by atoms with Crippen LogP contribution in [0.4, 0.5) is 4.79 Å². The van der Waals surface area contributed by atoms with Crippen LogP contribution >= 0.6 is 11.8 Å². The molecule has 0 bridgehead atoms. The minimum atomic E-state index is -0.467. The average Bonchev–Trinajstić information content (AvgIpc) is 3.21. The Morgan fingerprint density at radius 1 is 0.971 bits per heavy atom. The van der Waals surface area contributed by atoms with Gasteiger partial charge in [-0.05, 0) is 46.9 Å². The molecule has 0 fully saturated rings. The smallest absolute Gasteiger partial charge is 0.407 e. The zero-order valence-corrected chi connectivity index (χ0v) is 20.0. The van der Waals surface area contributed by atoms with Gasteiger partial charge in [0.05, 0.1) is 0 Å². The summed E-state index contributed by atoms with van der Waals surface area (Å²) in [5.74, 6) is 0.0160. The van der Waals surface area contributed by atoms with E-state index >= 15 is 0 Å². The van der Waals surface area contributed by atoms with Crippen LogP contribution < -0.4 is 5.32 Å². The molecule has 0 aliphatic heterocycles. The summed E-state index contributed by atoms with van der Waals surface area (Å²) >= 11 is 1.46. The molecule has 0 unspecified atom stereocenters. The van der Waals surface area contributed by atoms with Crippen molar-refractivity contribution in [2.24, 2.45) is 0 Å². The maximum atomic E-state index is 12.6. The fourth-order valence-corrected chi connectivity index (χ4v) is 5.43. The predicted molar refractivity (Wildman–Crippen MR) is 137 cm³/mol. The van der Waals surface area contributed by atoms with Crippen molar-refractivity contribution in [3.05, 3.63) is 113 Å². The molecular formula is C29H24N2O3S. The highest BCUT2D eigenvalue weighted by atomic mass is 32.2. The standard InChI is InChI=1S/C29H24N2O3S/c1-19-14-21(28(16-30-19)35-27-13-7-2-8-20(27)17-32)15-31-29(33)34-18-26-24-11-5-3-9-22(24)23-10-4-6-12-25(23)26/h2-14,16-17,26H,15,18H2,1H3,(H,31,33). The Morgan fingerprint density at radius 2 is 1.63 bits per heavy atom. The fraction of sp³-hybridized carbons (Fsp3) is 0.138. The van der Waals surface area contributed by atoms with E-state index in [9.17, 15) is 9.59 Å². The largest absolute Gasteiger partial charge is 0.449 e. The van der Waals surface area contributed by atoms with Crippen LogP contribution in [0.15, 0.2) is 94.9 Å². The number of carbonyl (C=O) groups is 2. The normalized spacial score (nSPS) is 12.0. The number of ether oxygens (including phenoxy) is 1. The van der Waals surface area contributed by atoms with Crippen molar-refractivity contribution in [2.75, 3.05) is 6.61 Å². The quantitative estimate of drug-likeness (QED) is 0.310. The van der Waals surface area contributed by atoms with E-state index < -0.39 is 6.09 Å². The van der Waals surface area contributed by atoms with Gasteiger partial charge in [-0.1, -0.05) is 78.5 Å². The average molecular weight is 481 g/mol. The number of amides is 1. The highest BCUT2D eigenvalue weighted by Crippen LogP contribution is 2.44. The van der Waals surface area contributed by atoms with E-state index in [4.69, 9.17) is 4.74 Å². The van der Waals surface area contributed by atoms with Gasteiger partial charge >= 0.3 is 6.09 Å². The maximum Gasteiger partial charge on any atom is 0.407 e. The zero-order chi connectivity index (χ0) is 24.2. The Labute approximate surface area is 208 Å². The first-order valence-electron chi connectivity index (χ1n) is 11.4. The number of hydrogen-bond acceptors (Lipinski definition) is 5. The van der Waals surface area contributed by atoms with Crippen molar-refractivity contribution in [1.29, 1.82) is 0 Å². The molecule has 6 heteroatoms. The molecule has 5 rings (SSSR count). The number of benzene rings is 3. The number of aromatic nitrogens is 1. The molecule has 1 aliphatic rings. The van der Waals surface area contributed by atoms with Gasteiger partial charge in [-0.15, -0.1) is 0 Å². The highest BCUT2D eigenvalue weighted by Gasteiger charge is 2.29. The second-order valence-electron chi connectivity index (χ2n) is 8.37. The van der Waals surface area contributed by atoms with Crippen molar-refractivity contribution >= 4 is 24.1 Å². The Bertz CT molecular complexity index is 1360. The van der Waals surface area contributed by atoms with Gasteiger partial charge < -0.3 is 10.1 Å². The maximum absolute atomic E-state index is 12.6. The molecule has 1 heterocycles. The number of nitrogens with zero attached hydrogens (tertiary/aromatic N) is 1. The summed E-state index contributed by atoms with van der Waals surface area (Å²) in [6.07, 6.45) is 2.15. The van der Waals surface area contributed by atoms with Crippen molar-refractivity contribution < 1.29 is 14.3 Å². The van der Waals surface area contributed by atoms with Gasteiger partial charge in [-0.3, -0.25) is 9.78 Å². The van der Waals surface area contributed by atoms with Crippen LogP contribution in [-0.4, -0.2) is 24.0 Å². The van der Waals surface area contributed by atoms with Crippen LogP contribution in [0.25, 0.3) is 11.1 Å². The summed E-state index contributed by atoms with van der Waals surface area (Å²) in [5.41, 5.74) is 7.13. The second-order valence-corrected chi connectivity index (χ2v) is 9.45. The van der Waals surface area contributed by atoms with Crippen molar-refractivity contribution in [3.8, 4) is 11.1 Å². The first-order chi connectivity index (χ1) is 17.1. The summed E-state index contributed by atoms with van der Waals surface area (Å²) in [5, 5.41) is 2.88. The minimum absolute atomic E-state index is 0.0160. The molecule has 4 aromatic rings. The third-order valence-electron chi connectivity index (χ3n) is 6.12. The van der Waals surface area contributed by atoms with E-state index in [-0.39, 0.29) is 12.5 Å². The number of pyridine rings is 1.